The summed E-state index contributed by atoms with van der Waals surface area (Å²) in [6.07, 6.45) is 2.27. The third kappa shape index (κ3) is 5.07. The lowest BCUT2D eigenvalue weighted by Crippen LogP contribution is -2.32. The Hall–Kier alpha value is -2.37. The molecule has 6 heteroatoms. The zero-order chi connectivity index (χ0) is 18.4. The van der Waals surface area contributed by atoms with E-state index in [9.17, 15) is 9.59 Å². The molecule has 0 saturated carbocycles. The fourth-order valence-corrected chi connectivity index (χ4v) is 3.01. The molecule has 1 heterocycles. The van der Waals surface area contributed by atoms with E-state index in [0.29, 0.717) is 22.8 Å². The highest BCUT2D eigenvalue weighted by Crippen LogP contribution is 2.17. The SMILES string of the molecule is O=C(Cc1ccc(Cl)cc1)Nc1ccccc1C(=O)NCC1CCCO1. The predicted molar refractivity (Wildman–Crippen MR) is 102 cm³/mol. The van der Waals surface area contributed by atoms with Crippen molar-refractivity contribution in [2.75, 3.05) is 18.5 Å². The van der Waals surface area contributed by atoms with Gasteiger partial charge in [-0.25, -0.2) is 0 Å². The van der Waals surface area contributed by atoms with Gasteiger partial charge in [0.25, 0.3) is 5.91 Å². The summed E-state index contributed by atoms with van der Waals surface area (Å²) in [6.45, 7) is 1.23. The van der Waals surface area contributed by atoms with Crippen LogP contribution in [-0.2, 0) is 16.0 Å². The Bertz CT molecular complexity index is 771. The number of nitrogens with one attached hydrogen (secondary N) is 2. The van der Waals surface area contributed by atoms with E-state index < -0.39 is 0 Å². The van der Waals surface area contributed by atoms with Crippen molar-refractivity contribution in [1.82, 2.24) is 5.32 Å². The Labute approximate surface area is 157 Å². The Morgan fingerprint density at radius 3 is 2.62 bits per heavy atom. The highest BCUT2D eigenvalue weighted by atomic mass is 35.5. The summed E-state index contributed by atoms with van der Waals surface area (Å²) in [5.41, 5.74) is 1.79. The molecule has 26 heavy (non-hydrogen) atoms. The minimum Gasteiger partial charge on any atom is -0.376 e. The topological polar surface area (TPSA) is 67.4 Å². The lowest BCUT2D eigenvalue weighted by Gasteiger charge is -2.14. The molecular formula is C20H21ClN2O3. The summed E-state index contributed by atoms with van der Waals surface area (Å²) in [4.78, 5) is 24.8. The van der Waals surface area contributed by atoms with Gasteiger partial charge in [0.1, 0.15) is 0 Å². The second-order valence-corrected chi connectivity index (χ2v) is 6.68. The summed E-state index contributed by atoms with van der Waals surface area (Å²) in [6, 6.07) is 14.1. The van der Waals surface area contributed by atoms with E-state index >= 15 is 0 Å². The molecule has 3 rings (SSSR count). The van der Waals surface area contributed by atoms with Gasteiger partial charge >= 0.3 is 0 Å². The lowest BCUT2D eigenvalue weighted by atomic mass is 10.1. The fourth-order valence-electron chi connectivity index (χ4n) is 2.88. The largest absolute Gasteiger partial charge is 0.376 e. The van der Waals surface area contributed by atoms with Crippen LogP contribution in [0.2, 0.25) is 5.02 Å². The van der Waals surface area contributed by atoms with Crippen LogP contribution in [0.5, 0.6) is 0 Å². The number of amides is 2. The van der Waals surface area contributed by atoms with Crippen molar-refractivity contribution in [2.45, 2.75) is 25.4 Å². The van der Waals surface area contributed by atoms with Gasteiger partial charge in [0, 0.05) is 18.2 Å². The number of hydrogen-bond acceptors (Lipinski definition) is 3. The molecular weight excluding hydrogens is 352 g/mol. The van der Waals surface area contributed by atoms with E-state index in [4.69, 9.17) is 16.3 Å². The van der Waals surface area contributed by atoms with Crippen molar-refractivity contribution in [3.63, 3.8) is 0 Å². The van der Waals surface area contributed by atoms with Crippen LogP contribution in [-0.4, -0.2) is 31.1 Å². The van der Waals surface area contributed by atoms with Gasteiger partial charge in [-0.3, -0.25) is 9.59 Å². The van der Waals surface area contributed by atoms with Crippen LogP contribution in [0.25, 0.3) is 0 Å². The smallest absolute Gasteiger partial charge is 0.253 e. The molecule has 0 aromatic heterocycles. The molecule has 1 atom stereocenters. The van der Waals surface area contributed by atoms with E-state index in [1.807, 2.05) is 12.1 Å². The zero-order valence-electron chi connectivity index (χ0n) is 14.3. The maximum atomic E-state index is 12.5. The summed E-state index contributed by atoms with van der Waals surface area (Å²) in [5, 5.41) is 6.33. The first-order chi connectivity index (χ1) is 12.6. The van der Waals surface area contributed by atoms with Gasteiger partial charge in [0.15, 0.2) is 0 Å². The average molecular weight is 373 g/mol. The molecule has 1 aliphatic rings. The fraction of sp³-hybridized carbons (Fsp3) is 0.300. The van der Waals surface area contributed by atoms with E-state index in [0.717, 1.165) is 25.0 Å². The summed E-state index contributed by atoms with van der Waals surface area (Å²) in [5.74, 6) is -0.408. The van der Waals surface area contributed by atoms with Gasteiger partial charge in [0.05, 0.1) is 23.8 Å². The molecule has 2 N–H and O–H groups in total. The minimum absolute atomic E-state index is 0.0746. The maximum absolute atomic E-state index is 12.5. The number of halogens is 1. The van der Waals surface area contributed by atoms with Crippen molar-refractivity contribution in [3.05, 3.63) is 64.7 Å². The molecule has 5 nitrogen and oxygen atoms in total. The second-order valence-electron chi connectivity index (χ2n) is 6.24. The number of hydrogen-bond donors (Lipinski definition) is 2. The van der Waals surface area contributed by atoms with Crippen molar-refractivity contribution >= 4 is 29.1 Å². The summed E-state index contributed by atoms with van der Waals surface area (Å²) in [7, 11) is 0. The average Bonchev–Trinajstić information content (AvgIpc) is 3.16. The van der Waals surface area contributed by atoms with Gasteiger partial charge in [-0.1, -0.05) is 35.9 Å². The predicted octanol–water partition coefficient (Wildman–Crippen LogP) is 3.43. The van der Waals surface area contributed by atoms with Crippen molar-refractivity contribution in [2.24, 2.45) is 0 Å². The van der Waals surface area contributed by atoms with E-state index in [-0.39, 0.29) is 24.3 Å². The normalized spacial score (nSPS) is 16.3. The van der Waals surface area contributed by atoms with E-state index in [2.05, 4.69) is 10.6 Å². The number of benzene rings is 2. The zero-order valence-corrected chi connectivity index (χ0v) is 15.1. The number of para-hydroxylation sites is 1. The Morgan fingerprint density at radius 1 is 1.12 bits per heavy atom. The third-order valence-electron chi connectivity index (χ3n) is 4.24. The standard InChI is InChI=1S/C20H21ClN2O3/c21-15-9-7-14(8-10-15)12-19(24)23-18-6-2-1-5-17(18)20(25)22-13-16-4-3-11-26-16/h1-2,5-10,16H,3-4,11-13H2,(H,22,25)(H,23,24). The summed E-state index contributed by atoms with van der Waals surface area (Å²) >= 11 is 5.86. The number of carbonyl (C=O) groups is 2. The number of ether oxygens (including phenoxy) is 1. The minimum atomic E-state index is -0.220. The van der Waals surface area contributed by atoms with Crippen LogP contribution in [0.4, 0.5) is 5.69 Å². The Kier molecular flexibility index (Phi) is 6.26. The number of carbonyl (C=O) groups excluding carboxylic acids is 2. The van der Waals surface area contributed by atoms with E-state index in [1.165, 1.54) is 0 Å². The van der Waals surface area contributed by atoms with Gasteiger partial charge < -0.3 is 15.4 Å². The molecule has 0 spiro atoms. The molecule has 1 unspecified atom stereocenters. The number of anilines is 1. The van der Waals surface area contributed by atoms with Crippen LogP contribution in [0.1, 0.15) is 28.8 Å². The first kappa shape index (κ1) is 18.4. The van der Waals surface area contributed by atoms with Crippen LogP contribution in [0.3, 0.4) is 0 Å². The molecule has 2 aromatic carbocycles. The van der Waals surface area contributed by atoms with Crippen LogP contribution in [0, 0.1) is 0 Å². The Balaban J connectivity index is 1.61. The molecule has 2 aromatic rings. The maximum Gasteiger partial charge on any atom is 0.253 e. The summed E-state index contributed by atoms with van der Waals surface area (Å²) < 4.78 is 5.51. The molecule has 1 fully saturated rings. The lowest BCUT2D eigenvalue weighted by molar-refractivity contribution is -0.115. The molecule has 1 aliphatic heterocycles. The molecule has 0 radical (unpaired) electrons. The van der Waals surface area contributed by atoms with Gasteiger partial charge in [0.2, 0.25) is 5.91 Å². The molecule has 0 aliphatic carbocycles. The van der Waals surface area contributed by atoms with Gasteiger partial charge in [-0.15, -0.1) is 0 Å². The van der Waals surface area contributed by atoms with Crippen LogP contribution in [0.15, 0.2) is 48.5 Å². The highest BCUT2D eigenvalue weighted by molar-refractivity contribution is 6.30. The van der Waals surface area contributed by atoms with Crippen LogP contribution < -0.4 is 10.6 Å². The molecule has 0 bridgehead atoms. The van der Waals surface area contributed by atoms with E-state index in [1.54, 1.807) is 36.4 Å². The van der Waals surface area contributed by atoms with Crippen molar-refractivity contribution < 1.29 is 14.3 Å². The molecule has 1 saturated heterocycles. The van der Waals surface area contributed by atoms with Crippen LogP contribution >= 0.6 is 11.6 Å². The van der Waals surface area contributed by atoms with Gasteiger partial charge in [-0.05, 0) is 42.7 Å². The van der Waals surface area contributed by atoms with Crippen molar-refractivity contribution in [3.8, 4) is 0 Å². The monoisotopic (exact) mass is 372 g/mol. The first-order valence-corrected chi connectivity index (χ1v) is 9.03. The quantitative estimate of drug-likeness (QED) is 0.816. The van der Waals surface area contributed by atoms with Gasteiger partial charge in [-0.2, -0.15) is 0 Å². The molecule has 2 amide bonds. The highest BCUT2D eigenvalue weighted by Gasteiger charge is 2.18. The number of rotatable bonds is 6. The third-order valence-corrected chi connectivity index (χ3v) is 4.49. The second kappa shape index (κ2) is 8.83. The first-order valence-electron chi connectivity index (χ1n) is 8.65. The van der Waals surface area contributed by atoms with Crippen molar-refractivity contribution in [1.29, 1.82) is 0 Å². The Morgan fingerprint density at radius 2 is 1.88 bits per heavy atom. The molecule has 136 valence electrons.